The normalized spacial score (nSPS) is 10.9. The highest BCUT2D eigenvalue weighted by Crippen LogP contribution is 2.19. The molecule has 1 aromatic heterocycles. The lowest BCUT2D eigenvalue weighted by Crippen LogP contribution is -2.25. The molecule has 0 saturated heterocycles. The van der Waals surface area contributed by atoms with E-state index in [1.165, 1.54) is 5.56 Å². The van der Waals surface area contributed by atoms with E-state index in [-0.39, 0.29) is 18.4 Å². The predicted molar refractivity (Wildman–Crippen MR) is 121 cm³/mol. The molecule has 3 aromatic rings. The van der Waals surface area contributed by atoms with Gasteiger partial charge < -0.3 is 15.2 Å². The average molecular weight is 407 g/mol. The second-order valence-electron chi connectivity index (χ2n) is 7.67. The molecule has 30 heavy (non-hydrogen) atoms. The first kappa shape index (κ1) is 21.6. The number of aromatic nitrogens is 2. The molecule has 0 radical (unpaired) electrons. The molecule has 1 heterocycles. The van der Waals surface area contributed by atoms with E-state index < -0.39 is 0 Å². The van der Waals surface area contributed by atoms with E-state index in [9.17, 15) is 9.59 Å². The number of nitrogens with one attached hydrogen (secondary N) is 2. The molecule has 6 heteroatoms. The van der Waals surface area contributed by atoms with Crippen LogP contribution in [0.1, 0.15) is 43.1 Å². The molecule has 0 atom stereocenters. The minimum atomic E-state index is -0.0809. The van der Waals surface area contributed by atoms with E-state index in [1.54, 1.807) is 0 Å². The number of amides is 2. The van der Waals surface area contributed by atoms with Crippen LogP contribution in [0.5, 0.6) is 0 Å². The smallest absolute Gasteiger partial charge is 0.244 e. The summed E-state index contributed by atoms with van der Waals surface area (Å²) in [5.41, 5.74) is 4.86. The highest BCUT2D eigenvalue weighted by atomic mass is 16.2. The summed E-state index contributed by atoms with van der Waals surface area (Å²) in [4.78, 5) is 29.2. The molecule has 0 aliphatic rings. The van der Waals surface area contributed by atoms with Gasteiger partial charge in [-0.15, -0.1) is 0 Å². The van der Waals surface area contributed by atoms with Crippen LogP contribution in [0, 0.1) is 13.8 Å². The fourth-order valence-corrected chi connectivity index (χ4v) is 3.57. The first-order valence-corrected chi connectivity index (χ1v) is 10.6. The largest absolute Gasteiger partial charge is 0.356 e. The van der Waals surface area contributed by atoms with Crippen LogP contribution in [0.25, 0.3) is 11.0 Å². The Labute approximate surface area is 177 Å². The number of hydrogen-bond acceptors (Lipinski definition) is 3. The van der Waals surface area contributed by atoms with Crippen LogP contribution < -0.4 is 10.6 Å². The summed E-state index contributed by atoms with van der Waals surface area (Å²) in [5.74, 6) is 0.859. The van der Waals surface area contributed by atoms with Crippen molar-refractivity contribution in [2.24, 2.45) is 0 Å². The Hall–Kier alpha value is -3.15. The van der Waals surface area contributed by atoms with Crippen molar-refractivity contribution in [3.63, 3.8) is 0 Å². The van der Waals surface area contributed by atoms with E-state index in [4.69, 9.17) is 4.98 Å². The van der Waals surface area contributed by atoms with E-state index in [0.717, 1.165) is 41.0 Å². The van der Waals surface area contributed by atoms with Crippen LogP contribution in [-0.4, -0.2) is 27.9 Å². The number of anilines is 1. The molecule has 0 saturated carbocycles. The third-order valence-electron chi connectivity index (χ3n) is 5.07. The monoisotopic (exact) mass is 406 g/mol. The second-order valence-corrected chi connectivity index (χ2v) is 7.67. The molecule has 0 spiro atoms. The molecule has 0 bridgehead atoms. The molecule has 2 N–H and O–H groups in total. The van der Waals surface area contributed by atoms with Crippen LogP contribution in [-0.2, 0) is 22.6 Å². The molecule has 0 aliphatic carbocycles. The summed E-state index contributed by atoms with van der Waals surface area (Å²) in [6.45, 7) is 6.83. The number of imidazole rings is 1. The van der Waals surface area contributed by atoms with Crippen molar-refractivity contribution in [2.45, 2.75) is 53.0 Å². The van der Waals surface area contributed by atoms with E-state index in [2.05, 4.69) is 16.7 Å². The van der Waals surface area contributed by atoms with E-state index in [1.807, 2.05) is 61.7 Å². The van der Waals surface area contributed by atoms with Gasteiger partial charge in [0.15, 0.2) is 0 Å². The van der Waals surface area contributed by atoms with Crippen molar-refractivity contribution in [1.82, 2.24) is 14.9 Å². The number of carbonyl (C=O) groups is 2. The Balaban J connectivity index is 1.71. The minimum Gasteiger partial charge on any atom is -0.356 e. The van der Waals surface area contributed by atoms with Crippen LogP contribution in [0.3, 0.4) is 0 Å². The summed E-state index contributed by atoms with van der Waals surface area (Å²) < 4.78 is 1.97. The van der Waals surface area contributed by atoms with Gasteiger partial charge in [-0.05, 0) is 50.5 Å². The molecule has 0 aliphatic heterocycles. The molecule has 2 aromatic carbocycles. The molecule has 0 unspecified atom stereocenters. The van der Waals surface area contributed by atoms with Gasteiger partial charge in [0.1, 0.15) is 12.4 Å². The summed E-state index contributed by atoms with van der Waals surface area (Å²) >= 11 is 0. The summed E-state index contributed by atoms with van der Waals surface area (Å²) in [6.07, 6.45) is 2.86. The molecule has 2 amide bonds. The second kappa shape index (κ2) is 10.1. The van der Waals surface area contributed by atoms with Gasteiger partial charge in [0.25, 0.3) is 0 Å². The highest BCUT2D eigenvalue weighted by molar-refractivity contribution is 5.92. The number of benzene rings is 2. The zero-order valence-electron chi connectivity index (χ0n) is 18.0. The maximum absolute atomic E-state index is 12.8. The van der Waals surface area contributed by atoms with Crippen molar-refractivity contribution in [2.75, 3.05) is 11.9 Å². The van der Waals surface area contributed by atoms with E-state index in [0.29, 0.717) is 19.4 Å². The topological polar surface area (TPSA) is 76.0 Å². The maximum atomic E-state index is 12.8. The Kier molecular flexibility index (Phi) is 7.22. The summed E-state index contributed by atoms with van der Waals surface area (Å²) in [5, 5.41) is 5.96. The van der Waals surface area contributed by atoms with Crippen LogP contribution >= 0.6 is 0 Å². The van der Waals surface area contributed by atoms with Crippen molar-refractivity contribution in [1.29, 1.82) is 0 Å². The van der Waals surface area contributed by atoms with Gasteiger partial charge >= 0.3 is 0 Å². The Morgan fingerprint density at radius 3 is 2.63 bits per heavy atom. The Bertz CT molecular complexity index is 1040. The molecular formula is C24H30N4O2. The quantitative estimate of drug-likeness (QED) is 0.524. The van der Waals surface area contributed by atoms with Gasteiger partial charge in [0, 0.05) is 25.1 Å². The summed E-state index contributed by atoms with van der Waals surface area (Å²) in [6, 6.07) is 13.8. The van der Waals surface area contributed by atoms with Gasteiger partial charge in [-0.2, -0.15) is 0 Å². The number of nitrogens with zero attached hydrogens (tertiary/aromatic N) is 2. The zero-order chi connectivity index (χ0) is 21.5. The molecule has 3 rings (SSSR count). The average Bonchev–Trinajstić information content (AvgIpc) is 3.05. The minimum absolute atomic E-state index is 0.0809. The first-order chi connectivity index (χ1) is 14.5. The fraction of sp³-hybridized carbons (Fsp3) is 0.375. The van der Waals surface area contributed by atoms with Gasteiger partial charge in [0.05, 0.1) is 11.0 Å². The lowest BCUT2D eigenvalue weighted by atomic mass is 10.1. The predicted octanol–water partition coefficient (Wildman–Crippen LogP) is 4.14. The Morgan fingerprint density at radius 1 is 1.07 bits per heavy atom. The lowest BCUT2D eigenvalue weighted by Gasteiger charge is -2.12. The van der Waals surface area contributed by atoms with Gasteiger partial charge in [-0.1, -0.05) is 36.8 Å². The number of fused-ring (bicyclic) bond motifs is 1. The SMILES string of the molecule is CCCC(=O)NCCCc1nc2ccccc2n1CC(=O)Nc1ccc(C)cc1C. The number of aryl methyl sites for hydroxylation is 3. The van der Waals surface area contributed by atoms with Crippen molar-refractivity contribution in [3.05, 3.63) is 59.4 Å². The zero-order valence-corrected chi connectivity index (χ0v) is 18.0. The van der Waals surface area contributed by atoms with Gasteiger partial charge in [-0.25, -0.2) is 4.98 Å². The summed E-state index contributed by atoms with van der Waals surface area (Å²) in [7, 11) is 0. The van der Waals surface area contributed by atoms with Gasteiger partial charge in [0.2, 0.25) is 11.8 Å². The highest BCUT2D eigenvalue weighted by Gasteiger charge is 2.14. The van der Waals surface area contributed by atoms with Crippen LogP contribution in [0.4, 0.5) is 5.69 Å². The number of para-hydroxylation sites is 2. The van der Waals surface area contributed by atoms with Crippen molar-refractivity contribution in [3.8, 4) is 0 Å². The molecule has 0 fully saturated rings. The third-order valence-corrected chi connectivity index (χ3v) is 5.07. The number of rotatable bonds is 9. The van der Waals surface area contributed by atoms with Crippen molar-refractivity contribution < 1.29 is 9.59 Å². The standard InChI is InChI=1S/C24H30N4O2/c1-4-8-23(29)25-14-7-11-22-26-20-9-5-6-10-21(20)28(22)16-24(30)27-19-13-12-17(2)15-18(19)3/h5-6,9-10,12-13,15H,4,7-8,11,14,16H2,1-3H3,(H,25,29)(H,27,30). The number of hydrogen-bond donors (Lipinski definition) is 2. The molecular weight excluding hydrogens is 376 g/mol. The Morgan fingerprint density at radius 2 is 1.87 bits per heavy atom. The number of carbonyl (C=O) groups excluding carboxylic acids is 2. The molecule has 158 valence electrons. The fourth-order valence-electron chi connectivity index (χ4n) is 3.57. The van der Waals surface area contributed by atoms with Gasteiger partial charge in [-0.3, -0.25) is 9.59 Å². The van der Waals surface area contributed by atoms with Crippen LogP contribution in [0.2, 0.25) is 0 Å². The lowest BCUT2D eigenvalue weighted by molar-refractivity contribution is -0.121. The van der Waals surface area contributed by atoms with Crippen molar-refractivity contribution >= 4 is 28.5 Å². The van der Waals surface area contributed by atoms with Crippen LogP contribution in [0.15, 0.2) is 42.5 Å². The first-order valence-electron chi connectivity index (χ1n) is 10.6. The third kappa shape index (κ3) is 5.47. The maximum Gasteiger partial charge on any atom is 0.244 e. The van der Waals surface area contributed by atoms with E-state index >= 15 is 0 Å². The molecule has 6 nitrogen and oxygen atoms in total.